The summed E-state index contributed by atoms with van der Waals surface area (Å²) in [7, 11) is -3.03. The summed E-state index contributed by atoms with van der Waals surface area (Å²) in [5, 5.41) is 9.96. The van der Waals surface area contributed by atoms with Gasteiger partial charge in [0.1, 0.15) is 0 Å². The minimum absolute atomic E-state index is 0.0519. The molecule has 3 aliphatic heterocycles. The zero-order chi connectivity index (χ0) is 14.2. The predicted molar refractivity (Wildman–Crippen MR) is 78.5 cm³/mol. The van der Waals surface area contributed by atoms with Gasteiger partial charge in [-0.25, -0.2) is 8.42 Å². The molecule has 20 heavy (non-hydrogen) atoms. The van der Waals surface area contributed by atoms with Crippen molar-refractivity contribution in [3.8, 4) is 0 Å². The molecule has 0 aliphatic carbocycles. The van der Waals surface area contributed by atoms with Crippen molar-refractivity contribution in [3.05, 3.63) is 0 Å². The molecule has 0 spiro atoms. The molecule has 0 aromatic rings. The molecular weight excluding hydrogens is 276 g/mol. The van der Waals surface area contributed by atoms with Crippen LogP contribution >= 0.6 is 0 Å². The van der Waals surface area contributed by atoms with Crippen LogP contribution in [0.1, 0.15) is 32.1 Å². The molecule has 3 fully saturated rings. The number of piperidine rings is 2. The molecular formula is C14H26N2O3S. The second kappa shape index (κ2) is 5.91. The smallest absolute Gasteiger partial charge is 0.154 e. The predicted octanol–water partition coefficient (Wildman–Crippen LogP) is 0.0946. The lowest BCUT2D eigenvalue weighted by atomic mass is 9.98. The van der Waals surface area contributed by atoms with Crippen molar-refractivity contribution in [1.82, 2.24) is 9.80 Å². The van der Waals surface area contributed by atoms with Crippen LogP contribution in [-0.2, 0) is 9.84 Å². The number of hydrogen-bond acceptors (Lipinski definition) is 5. The van der Waals surface area contributed by atoms with Crippen LogP contribution in [-0.4, -0.2) is 79.2 Å². The molecule has 3 rings (SSSR count). The summed E-state index contributed by atoms with van der Waals surface area (Å²) in [6, 6.07) is 0.504. The molecule has 2 atom stereocenters. The number of likely N-dealkylation sites (tertiary alicyclic amines) is 2. The summed E-state index contributed by atoms with van der Waals surface area (Å²) >= 11 is 0. The van der Waals surface area contributed by atoms with Crippen molar-refractivity contribution >= 4 is 9.84 Å². The molecule has 0 aromatic carbocycles. The highest BCUT2D eigenvalue weighted by molar-refractivity contribution is 7.91. The van der Waals surface area contributed by atoms with Crippen LogP contribution in [0.4, 0.5) is 0 Å². The van der Waals surface area contributed by atoms with Gasteiger partial charge in [0, 0.05) is 19.1 Å². The minimum atomic E-state index is -3.03. The molecule has 3 heterocycles. The van der Waals surface area contributed by atoms with E-state index in [1.54, 1.807) is 0 Å². The molecule has 2 unspecified atom stereocenters. The molecule has 116 valence electrons. The fourth-order valence-corrected chi connectivity index (χ4v) is 5.86. The lowest BCUT2D eigenvalue weighted by molar-refractivity contribution is 0.0371. The fraction of sp³-hybridized carbons (Fsp3) is 1.00. The Hall–Kier alpha value is -0.170. The third kappa shape index (κ3) is 3.18. The van der Waals surface area contributed by atoms with E-state index >= 15 is 0 Å². The molecule has 0 amide bonds. The maximum Gasteiger partial charge on any atom is 0.154 e. The second-order valence-corrected chi connectivity index (χ2v) is 8.73. The highest BCUT2D eigenvalue weighted by Crippen LogP contribution is 2.25. The van der Waals surface area contributed by atoms with E-state index < -0.39 is 15.9 Å². The Morgan fingerprint density at radius 2 is 1.50 bits per heavy atom. The van der Waals surface area contributed by atoms with Crippen molar-refractivity contribution in [1.29, 1.82) is 0 Å². The molecule has 0 bridgehead atoms. The molecule has 0 aromatic heterocycles. The van der Waals surface area contributed by atoms with E-state index in [1.807, 2.05) is 0 Å². The number of sulfone groups is 1. The lowest BCUT2D eigenvalue weighted by Gasteiger charge is -2.42. The van der Waals surface area contributed by atoms with Gasteiger partial charge in [-0.3, -0.25) is 4.90 Å². The summed E-state index contributed by atoms with van der Waals surface area (Å²) in [6.45, 7) is 4.31. The van der Waals surface area contributed by atoms with Gasteiger partial charge in [0.2, 0.25) is 0 Å². The standard InChI is InChI=1S/C14H26N2O3S/c17-14-11-20(18,19)10-13(14)16-8-4-12(5-9-16)15-6-2-1-3-7-15/h12-14,17H,1-11H2. The van der Waals surface area contributed by atoms with Gasteiger partial charge in [0.25, 0.3) is 0 Å². The Balaban J connectivity index is 1.53. The van der Waals surface area contributed by atoms with Gasteiger partial charge in [-0.15, -0.1) is 0 Å². The van der Waals surface area contributed by atoms with Crippen LogP contribution in [0.5, 0.6) is 0 Å². The first-order chi connectivity index (χ1) is 9.55. The quantitative estimate of drug-likeness (QED) is 0.784. The second-order valence-electron chi connectivity index (χ2n) is 6.58. The van der Waals surface area contributed by atoms with Crippen LogP contribution < -0.4 is 0 Å². The molecule has 6 heteroatoms. The van der Waals surface area contributed by atoms with Crippen LogP contribution in [0, 0.1) is 0 Å². The van der Waals surface area contributed by atoms with Crippen LogP contribution in [0.2, 0.25) is 0 Å². The van der Waals surface area contributed by atoms with Gasteiger partial charge < -0.3 is 10.0 Å². The van der Waals surface area contributed by atoms with Crippen LogP contribution in [0.3, 0.4) is 0 Å². The topological polar surface area (TPSA) is 60.9 Å². The average Bonchev–Trinajstić information content (AvgIpc) is 2.73. The Morgan fingerprint density at radius 1 is 0.850 bits per heavy atom. The summed E-state index contributed by atoms with van der Waals surface area (Å²) in [5.41, 5.74) is 0. The third-order valence-electron chi connectivity index (χ3n) is 5.17. The lowest BCUT2D eigenvalue weighted by Crippen LogP contribution is -2.52. The number of rotatable bonds is 2. The van der Waals surface area contributed by atoms with Gasteiger partial charge in [0.15, 0.2) is 9.84 Å². The number of hydrogen-bond donors (Lipinski definition) is 1. The first-order valence-corrected chi connectivity index (χ1v) is 9.74. The van der Waals surface area contributed by atoms with E-state index in [2.05, 4.69) is 9.80 Å². The van der Waals surface area contributed by atoms with Crippen LogP contribution in [0.25, 0.3) is 0 Å². The number of aliphatic hydroxyl groups excluding tert-OH is 1. The Bertz CT molecular complexity index is 426. The maximum absolute atomic E-state index is 11.6. The van der Waals surface area contributed by atoms with E-state index in [9.17, 15) is 13.5 Å². The molecule has 3 aliphatic rings. The normalized spacial score (nSPS) is 37.2. The molecule has 0 saturated carbocycles. The van der Waals surface area contributed by atoms with Gasteiger partial charge in [-0.1, -0.05) is 6.42 Å². The van der Waals surface area contributed by atoms with Crippen LogP contribution in [0.15, 0.2) is 0 Å². The fourth-order valence-electron chi connectivity index (χ4n) is 4.03. The van der Waals surface area contributed by atoms with Crippen molar-refractivity contribution in [2.24, 2.45) is 0 Å². The highest BCUT2D eigenvalue weighted by Gasteiger charge is 2.41. The molecule has 5 nitrogen and oxygen atoms in total. The summed E-state index contributed by atoms with van der Waals surface area (Å²) in [5.74, 6) is 0.0896. The van der Waals surface area contributed by atoms with E-state index in [0.29, 0.717) is 6.04 Å². The van der Waals surface area contributed by atoms with Gasteiger partial charge >= 0.3 is 0 Å². The Kier molecular flexibility index (Phi) is 4.36. The average molecular weight is 302 g/mol. The van der Waals surface area contributed by atoms with E-state index in [4.69, 9.17) is 0 Å². The third-order valence-corrected chi connectivity index (χ3v) is 6.87. The van der Waals surface area contributed by atoms with Crippen molar-refractivity contribution < 1.29 is 13.5 Å². The van der Waals surface area contributed by atoms with Crippen molar-refractivity contribution in [2.75, 3.05) is 37.7 Å². The van der Waals surface area contributed by atoms with E-state index in [-0.39, 0.29) is 17.5 Å². The van der Waals surface area contributed by atoms with Crippen molar-refractivity contribution in [2.45, 2.75) is 50.3 Å². The zero-order valence-electron chi connectivity index (χ0n) is 12.1. The summed E-state index contributed by atoms with van der Waals surface area (Å²) in [6.07, 6.45) is 5.54. The van der Waals surface area contributed by atoms with E-state index in [0.717, 1.165) is 25.9 Å². The number of nitrogens with zero attached hydrogens (tertiary/aromatic N) is 2. The Labute approximate surface area is 121 Å². The largest absolute Gasteiger partial charge is 0.390 e. The Morgan fingerprint density at radius 3 is 2.05 bits per heavy atom. The zero-order valence-corrected chi connectivity index (χ0v) is 12.9. The van der Waals surface area contributed by atoms with Crippen molar-refractivity contribution in [3.63, 3.8) is 0 Å². The summed E-state index contributed by atoms with van der Waals surface area (Å²) in [4.78, 5) is 4.82. The van der Waals surface area contributed by atoms with Gasteiger partial charge in [0.05, 0.1) is 23.7 Å². The monoisotopic (exact) mass is 302 g/mol. The first-order valence-electron chi connectivity index (χ1n) is 7.92. The van der Waals surface area contributed by atoms with Gasteiger partial charge in [-0.2, -0.15) is 0 Å². The summed E-state index contributed by atoms with van der Waals surface area (Å²) < 4.78 is 23.2. The van der Waals surface area contributed by atoms with Gasteiger partial charge in [-0.05, 0) is 38.8 Å². The first kappa shape index (κ1) is 14.8. The SMILES string of the molecule is O=S1(=O)CC(O)C(N2CCC(N3CCCCC3)CC2)C1. The maximum atomic E-state index is 11.6. The molecule has 0 radical (unpaired) electrons. The highest BCUT2D eigenvalue weighted by atomic mass is 32.2. The number of aliphatic hydroxyl groups is 1. The van der Waals surface area contributed by atoms with E-state index in [1.165, 1.54) is 32.4 Å². The minimum Gasteiger partial charge on any atom is -0.390 e. The molecule has 1 N–H and O–H groups in total. The molecule has 3 saturated heterocycles.